The minimum absolute atomic E-state index is 0.181. The molecule has 0 aliphatic carbocycles. The molecule has 0 saturated carbocycles. The van der Waals surface area contributed by atoms with Crippen molar-refractivity contribution in [3.8, 4) is 0 Å². The Morgan fingerprint density at radius 3 is 2.38 bits per heavy atom. The van der Waals surface area contributed by atoms with Gasteiger partial charge in [0.1, 0.15) is 11.9 Å². The Hall–Kier alpha value is -2.64. The molecule has 1 aromatic heterocycles. The summed E-state index contributed by atoms with van der Waals surface area (Å²) in [5.41, 5.74) is 0.210. The topological polar surface area (TPSA) is 120 Å². The molecule has 8 nitrogen and oxygen atoms in total. The quantitative estimate of drug-likeness (QED) is 0.657. The number of amides is 1. The van der Waals surface area contributed by atoms with Gasteiger partial charge < -0.3 is 20.4 Å². The van der Waals surface area contributed by atoms with Gasteiger partial charge in [-0.05, 0) is 18.6 Å². The van der Waals surface area contributed by atoms with Crippen molar-refractivity contribution in [2.24, 2.45) is 0 Å². The second-order valence-corrected chi connectivity index (χ2v) is 4.60. The largest absolute Gasteiger partial charge is 0.481 e. The lowest BCUT2D eigenvalue weighted by Gasteiger charge is -2.14. The van der Waals surface area contributed by atoms with Gasteiger partial charge in [-0.1, -0.05) is 0 Å². The Balaban J connectivity index is 2.72. The molecule has 1 atom stereocenters. The highest BCUT2D eigenvalue weighted by atomic mass is 16.4. The van der Waals surface area contributed by atoms with Gasteiger partial charge in [0.25, 0.3) is 5.91 Å². The van der Waals surface area contributed by atoms with Crippen LogP contribution >= 0.6 is 0 Å². The van der Waals surface area contributed by atoms with E-state index in [1.165, 1.54) is 12.3 Å². The molecule has 1 heterocycles. The SMILES string of the molecule is CN(C)c1ccc(C(=O)NC(CCC(=O)O)C(=O)O)cn1. The second-order valence-electron chi connectivity index (χ2n) is 4.60. The van der Waals surface area contributed by atoms with Crippen LogP contribution in [0.25, 0.3) is 0 Å². The number of hydrogen-bond acceptors (Lipinski definition) is 5. The standard InChI is InChI=1S/C13H17N3O5/c1-16(2)10-5-3-8(7-14-10)12(19)15-9(13(20)21)4-6-11(17)18/h3,5,7,9H,4,6H2,1-2H3,(H,15,19)(H,17,18)(H,20,21). The molecule has 8 heteroatoms. The molecule has 1 aromatic rings. The molecule has 3 N–H and O–H groups in total. The average Bonchev–Trinajstić information content (AvgIpc) is 2.42. The molecule has 0 aromatic carbocycles. The Morgan fingerprint density at radius 1 is 1.29 bits per heavy atom. The number of carboxylic acid groups (broad SMARTS) is 2. The Morgan fingerprint density at radius 2 is 1.95 bits per heavy atom. The number of rotatable bonds is 7. The van der Waals surface area contributed by atoms with E-state index in [0.717, 1.165) is 0 Å². The van der Waals surface area contributed by atoms with Crippen LogP contribution in [-0.4, -0.2) is 53.2 Å². The number of hydrogen-bond donors (Lipinski definition) is 3. The van der Waals surface area contributed by atoms with E-state index < -0.39 is 23.9 Å². The maximum Gasteiger partial charge on any atom is 0.326 e. The summed E-state index contributed by atoms with van der Waals surface area (Å²) >= 11 is 0. The first-order valence-corrected chi connectivity index (χ1v) is 6.20. The number of nitrogens with zero attached hydrogens (tertiary/aromatic N) is 2. The third-order valence-electron chi connectivity index (χ3n) is 2.72. The number of pyridine rings is 1. The molecule has 0 saturated heterocycles. The van der Waals surface area contributed by atoms with Crippen molar-refractivity contribution in [2.45, 2.75) is 18.9 Å². The van der Waals surface area contributed by atoms with Crippen molar-refractivity contribution in [1.82, 2.24) is 10.3 Å². The first-order valence-electron chi connectivity index (χ1n) is 6.20. The molecule has 0 aliphatic heterocycles. The molecular weight excluding hydrogens is 278 g/mol. The second kappa shape index (κ2) is 7.22. The number of anilines is 1. The summed E-state index contributed by atoms with van der Waals surface area (Å²) in [7, 11) is 3.60. The average molecular weight is 295 g/mol. The molecule has 114 valence electrons. The van der Waals surface area contributed by atoms with Gasteiger partial charge >= 0.3 is 11.9 Å². The molecule has 0 aliphatic rings. The summed E-state index contributed by atoms with van der Waals surface area (Å²) in [6.07, 6.45) is 0.815. The van der Waals surface area contributed by atoms with Gasteiger partial charge in [-0.25, -0.2) is 9.78 Å². The van der Waals surface area contributed by atoms with E-state index in [9.17, 15) is 14.4 Å². The van der Waals surface area contributed by atoms with Crippen LogP contribution in [0, 0.1) is 0 Å². The summed E-state index contributed by atoms with van der Waals surface area (Å²) in [6.45, 7) is 0. The van der Waals surface area contributed by atoms with E-state index in [1.54, 1.807) is 25.1 Å². The van der Waals surface area contributed by atoms with Crippen LogP contribution in [0.4, 0.5) is 5.82 Å². The molecule has 0 bridgehead atoms. The number of carbonyl (C=O) groups excluding carboxylic acids is 1. The molecule has 1 rings (SSSR count). The van der Waals surface area contributed by atoms with Crippen molar-refractivity contribution >= 4 is 23.7 Å². The van der Waals surface area contributed by atoms with Crippen molar-refractivity contribution in [3.63, 3.8) is 0 Å². The lowest BCUT2D eigenvalue weighted by Crippen LogP contribution is -2.41. The molecule has 0 fully saturated rings. The molecule has 1 amide bonds. The maximum atomic E-state index is 11.9. The minimum atomic E-state index is -1.28. The van der Waals surface area contributed by atoms with Crippen LogP contribution in [-0.2, 0) is 9.59 Å². The zero-order chi connectivity index (χ0) is 16.0. The normalized spacial score (nSPS) is 11.5. The Labute approximate surface area is 121 Å². The van der Waals surface area contributed by atoms with Gasteiger partial charge in [-0.3, -0.25) is 9.59 Å². The molecule has 0 radical (unpaired) electrons. The minimum Gasteiger partial charge on any atom is -0.481 e. The van der Waals surface area contributed by atoms with Crippen molar-refractivity contribution in [2.75, 3.05) is 19.0 Å². The molecular formula is C13H17N3O5. The first kappa shape index (κ1) is 16.4. The third-order valence-corrected chi connectivity index (χ3v) is 2.72. The highest BCUT2D eigenvalue weighted by molar-refractivity contribution is 5.96. The zero-order valence-corrected chi connectivity index (χ0v) is 11.7. The first-order chi connectivity index (χ1) is 9.81. The third kappa shape index (κ3) is 5.09. The number of nitrogens with one attached hydrogen (secondary N) is 1. The van der Waals surface area contributed by atoms with Gasteiger partial charge in [0.2, 0.25) is 0 Å². The van der Waals surface area contributed by atoms with Crippen LogP contribution in [0.5, 0.6) is 0 Å². The van der Waals surface area contributed by atoms with E-state index in [1.807, 2.05) is 0 Å². The fourth-order valence-corrected chi connectivity index (χ4v) is 1.55. The highest BCUT2D eigenvalue weighted by Crippen LogP contribution is 2.08. The highest BCUT2D eigenvalue weighted by Gasteiger charge is 2.21. The summed E-state index contributed by atoms with van der Waals surface area (Å²) in [5.74, 6) is -2.34. The van der Waals surface area contributed by atoms with Gasteiger partial charge in [-0.2, -0.15) is 0 Å². The predicted molar refractivity (Wildman–Crippen MR) is 74.3 cm³/mol. The zero-order valence-electron chi connectivity index (χ0n) is 11.7. The van der Waals surface area contributed by atoms with Crippen LogP contribution < -0.4 is 10.2 Å². The number of carbonyl (C=O) groups is 3. The monoisotopic (exact) mass is 295 g/mol. The maximum absolute atomic E-state index is 11.9. The molecule has 0 spiro atoms. The van der Waals surface area contributed by atoms with Gasteiger partial charge in [-0.15, -0.1) is 0 Å². The molecule has 21 heavy (non-hydrogen) atoms. The van der Waals surface area contributed by atoms with Gasteiger partial charge in [0.05, 0.1) is 5.56 Å². The Kier molecular flexibility index (Phi) is 5.65. The Bertz CT molecular complexity index is 527. The van der Waals surface area contributed by atoms with Crippen LogP contribution in [0.1, 0.15) is 23.2 Å². The smallest absolute Gasteiger partial charge is 0.326 e. The summed E-state index contributed by atoms with van der Waals surface area (Å²) < 4.78 is 0. The lowest BCUT2D eigenvalue weighted by atomic mass is 10.1. The number of aromatic nitrogens is 1. The predicted octanol–water partition coefficient (Wildman–Crippen LogP) is 0.195. The van der Waals surface area contributed by atoms with E-state index >= 15 is 0 Å². The summed E-state index contributed by atoms with van der Waals surface area (Å²) in [5, 5.41) is 19.8. The van der Waals surface area contributed by atoms with Crippen LogP contribution in [0.2, 0.25) is 0 Å². The number of carboxylic acids is 2. The van der Waals surface area contributed by atoms with E-state index in [4.69, 9.17) is 10.2 Å². The fraction of sp³-hybridized carbons (Fsp3) is 0.385. The number of aliphatic carboxylic acids is 2. The van der Waals surface area contributed by atoms with Gasteiger partial charge in [0, 0.05) is 26.7 Å². The van der Waals surface area contributed by atoms with Crippen molar-refractivity contribution < 1.29 is 24.6 Å². The van der Waals surface area contributed by atoms with Crippen LogP contribution in [0.15, 0.2) is 18.3 Å². The summed E-state index contributed by atoms with van der Waals surface area (Å²) in [4.78, 5) is 39.2. The van der Waals surface area contributed by atoms with E-state index in [-0.39, 0.29) is 18.4 Å². The fourth-order valence-electron chi connectivity index (χ4n) is 1.55. The van der Waals surface area contributed by atoms with Crippen molar-refractivity contribution in [1.29, 1.82) is 0 Å². The van der Waals surface area contributed by atoms with Crippen molar-refractivity contribution in [3.05, 3.63) is 23.9 Å². The van der Waals surface area contributed by atoms with E-state index in [2.05, 4.69) is 10.3 Å². The van der Waals surface area contributed by atoms with E-state index in [0.29, 0.717) is 5.82 Å². The lowest BCUT2D eigenvalue weighted by molar-refractivity contribution is -0.140. The molecule has 1 unspecified atom stereocenters. The van der Waals surface area contributed by atoms with Crippen LogP contribution in [0.3, 0.4) is 0 Å². The van der Waals surface area contributed by atoms with Gasteiger partial charge in [0.15, 0.2) is 0 Å². The summed E-state index contributed by atoms with van der Waals surface area (Å²) in [6, 6.07) is 1.90.